The third-order valence-electron chi connectivity index (χ3n) is 2.03. The van der Waals surface area contributed by atoms with Crippen molar-refractivity contribution in [3.8, 4) is 6.07 Å². The maximum Gasteiger partial charge on any atom is 0.174 e. The molecule has 16 heavy (non-hydrogen) atoms. The van der Waals surface area contributed by atoms with Crippen LogP contribution in [-0.4, -0.2) is 15.9 Å². The quantitative estimate of drug-likeness (QED) is 0.370. The predicted molar refractivity (Wildman–Crippen MR) is 59.8 cm³/mol. The predicted octanol–water partition coefficient (Wildman–Crippen LogP) is 2.43. The molecule has 0 unspecified atom stereocenters. The highest BCUT2D eigenvalue weighted by molar-refractivity contribution is 6.29. The van der Waals surface area contributed by atoms with Gasteiger partial charge in [-0.15, -0.1) is 0 Å². The van der Waals surface area contributed by atoms with E-state index < -0.39 is 5.78 Å². The minimum Gasteiger partial charge on any atom is -0.506 e. The molecule has 1 heterocycles. The Labute approximate surface area is 97.8 Å². The van der Waals surface area contributed by atoms with Crippen LogP contribution in [0.4, 0.5) is 0 Å². The van der Waals surface area contributed by atoms with Crippen molar-refractivity contribution < 1.29 is 9.90 Å². The molecule has 1 aromatic rings. The number of aliphatic hydroxyl groups is 1. The van der Waals surface area contributed by atoms with Crippen molar-refractivity contribution in [3.05, 3.63) is 34.1 Å². The molecule has 0 spiro atoms. The maximum absolute atomic E-state index is 11.1. The van der Waals surface area contributed by atoms with Gasteiger partial charge in [-0.3, -0.25) is 4.79 Å². The van der Waals surface area contributed by atoms with Gasteiger partial charge in [-0.2, -0.15) is 5.26 Å². The van der Waals surface area contributed by atoms with Crippen LogP contribution in [0.5, 0.6) is 0 Å². The van der Waals surface area contributed by atoms with E-state index in [4.69, 9.17) is 16.9 Å². The average Bonchev–Trinajstić information content (AvgIpc) is 2.22. The smallest absolute Gasteiger partial charge is 0.174 e. The Morgan fingerprint density at radius 2 is 2.25 bits per heavy atom. The van der Waals surface area contributed by atoms with Gasteiger partial charge < -0.3 is 5.11 Å². The highest BCUT2D eigenvalue weighted by Crippen LogP contribution is 2.22. The van der Waals surface area contributed by atoms with Crippen LogP contribution in [0.15, 0.2) is 17.8 Å². The fraction of sp³-hybridized carbons (Fsp3) is 0.182. The third-order valence-corrected chi connectivity index (χ3v) is 2.23. The summed E-state index contributed by atoms with van der Waals surface area (Å²) >= 11 is 5.68. The molecule has 0 aliphatic rings. The zero-order valence-corrected chi connectivity index (χ0v) is 9.54. The molecule has 0 aromatic carbocycles. The summed E-state index contributed by atoms with van der Waals surface area (Å²) in [6.45, 7) is 2.91. The van der Waals surface area contributed by atoms with Crippen molar-refractivity contribution >= 4 is 23.1 Å². The largest absolute Gasteiger partial charge is 0.506 e. The first-order valence-electron chi connectivity index (χ1n) is 4.44. The van der Waals surface area contributed by atoms with E-state index >= 15 is 0 Å². The van der Waals surface area contributed by atoms with E-state index in [-0.39, 0.29) is 16.5 Å². The van der Waals surface area contributed by atoms with Gasteiger partial charge in [0.1, 0.15) is 22.6 Å². The second kappa shape index (κ2) is 4.77. The molecular weight excluding hydrogens is 228 g/mol. The number of nitriles is 1. The molecule has 0 amide bonds. The Balaban J connectivity index is 3.44. The van der Waals surface area contributed by atoms with Gasteiger partial charge in [-0.25, -0.2) is 4.98 Å². The standard InChI is InChI=1S/C11H9ClN2O2/c1-6-5-14-10(12)3-8(6)11(16)9(4-13)7(2)15/h3,5,16H,1-2H3/b11-9+. The highest BCUT2D eigenvalue weighted by atomic mass is 35.5. The zero-order valence-electron chi connectivity index (χ0n) is 8.78. The monoisotopic (exact) mass is 236 g/mol. The topological polar surface area (TPSA) is 74.0 Å². The lowest BCUT2D eigenvalue weighted by molar-refractivity contribution is -0.113. The van der Waals surface area contributed by atoms with Crippen LogP contribution in [0, 0.1) is 18.3 Å². The summed E-state index contributed by atoms with van der Waals surface area (Å²) < 4.78 is 0. The van der Waals surface area contributed by atoms with Gasteiger partial charge in [0, 0.05) is 18.7 Å². The summed E-state index contributed by atoms with van der Waals surface area (Å²) in [5, 5.41) is 18.7. The van der Waals surface area contributed by atoms with Crippen molar-refractivity contribution in [3.63, 3.8) is 0 Å². The molecule has 1 rings (SSSR count). The number of allylic oxidation sites excluding steroid dienone is 1. The first-order valence-corrected chi connectivity index (χ1v) is 4.82. The van der Waals surface area contributed by atoms with Crippen LogP contribution in [0.2, 0.25) is 5.15 Å². The van der Waals surface area contributed by atoms with E-state index in [0.717, 1.165) is 0 Å². The Morgan fingerprint density at radius 1 is 1.62 bits per heavy atom. The normalized spacial score (nSPS) is 11.6. The van der Waals surface area contributed by atoms with Gasteiger partial charge >= 0.3 is 0 Å². The van der Waals surface area contributed by atoms with Crippen LogP contribution in [0.1, 0.15) is 18.1 Å². The first kappa shape index (κ1) is 12.2. The molecule has 0 saturated carbocycles. The number of halogens is 1. The average molecular weight is 237 g/mol. The van der Waals surface area contributed by atoms with Crippen molar-refractivity contribution in [1.29, 1.82) is 5.26 Å². The summed E-state index contributed by atoms with van der Waals surface area (Å²) in [4.78, 5) is 14.9. The van der Waals surface area contributed by atoms with Gasteiger partial charge in [0.25, 0.3) is 0 Å². The van der Waals surface area contributed by atoms with Gasteiger partial charge in [0.15, 0.2) is 5.78 Å². The first-order chi connectivity index (χ1) is 7.47. The number of ketones is 1. The highest BCUT2D eigenvalue weighted by Gasteiger charge is 2.14. The number of hydrogen-bond acceptors (Lipinski definition) is 4. The van der Waals surface area contributed by atoms with Crippen molar-refractivity contribution in [2.24, 2.45) is 0 Å². The third kappa shape index (κ3) is 2.38. The second-order valence-corrected chi connectivity index (χ2v) is 3.60. The summed E-state index contributed by atoms with van der Waals surface area (Å²) in [6.07, 6.45) is 1.46. The lowest BCUT2D eigenvalue weighted by Gasteiger charge is -2.05. The van der Waals surface area contributed by atoms with Gasteiger partial charge in [0.2, 0.25) is 0 Å². The Hall–Kier alpha value is -1.86. The summed E-state index contributed by atoms with van der Waals surface area (Å²) in [7, 11) is 0. The molecule has 0 aliphatic carbocycles. The van der Waals surface area contributed by atoms with E-state index in [1.54, 1.807) is 13.0 Å². The molecule has 5 heteroatoms. The number of aryl methyl sites for hydroxylation is 1. The van der Waals surface area contributed by atoms with Gasteiger partial charge in [0.05, 0.1) is 0 Å². The molecule has 1 aromatic heterocycles. The van der Waals surface area contributed by atoms with Crippen LogP contribution in [0.25, 0.3) is 5.76 Å². The fourth-order valence-electron chi connectivity index (χ4n) is 1.19. The molecule has 0 fully saturated rings. The minimum absolute atomic E-state index is 0.188. The van der Waals surface area contributed by atoms with E-state index in [0.29, 0.717) is 11.1 Å². The molecule has 0 saturated heterocycles. The fourth-order valence-corrected chi connectivity index (χ4v) is 1.34. The molecule has 82 valence electrons. The lowest BCUT2D eigenvalue weighted by atomic mass is 10.0. The summed E-state index contributed by atoms with van der Waals surface area (Å²) in [5.41, 5.74) is 0.688. The minimum atomic E-state index is -0.493. The summed E-state index contributed by atoms with van der Waals surface area (Å²) in [5.74, 6) is -0.857. The number of rotatable bonds is 2. The molecular formula is C11H9ClN2O2. The molecule has 0 atom stereocenters. The van der Waals surface area contributed by atoms with E-state index in [1.165, 1.54) is 19.2 Å². The van der Waals surface area contributed by atoms with E-state index in [2.05, 4.69) is 4.98 Å². The van der Waals surface area contributed by atoms with Crippen molar-refractivity contribution in [2.75, 3.05) is 0 Å². The number of Topliss-reactive ketones (excluding diaryl/α,β-unsaturated/α-hetero) is 1. The number of nitrogens with zero attached hydrogens (tertiary/aromatic N) is 2. The number of pyridine rings is 1. The van der Waals surface area contributed by atoms with E-state index in [9.17, 15) is 9.90 Å². The van der Waals surface area contributed by atoms with Crippen molar-refractivity contribution in [2.45, 2.75) is 13.8 Å². The van der Waals surface area contributed by atoms with Crippen LogP contribution in [0.3, 0.4) is 0 Å². The van der Waals surface area contributed by atoms with E-state index in [1.807, 2.05) is 0 Å². The maximum atomic E-state index is 11.1. The Bertz CT molecular complexity index is 515. The molecule has 0 bridgehead atoms. The Morgan fingerprint density at radius 3 is 2.75 bits per heavy atom. The number of aliphatic hydroxyl groups excluding tert-OH is 1. The number of hydrogen-bond donors (Lipinski definition) is 1. The SMILES string of the molecule is CC(=O)/C(C#N)=C(/O)c1cc(Cl)ncc1C. The molecule has 4 nitrogen and oxygen atoms in total. The number of carbonyl (C=O) groups is 1. The van der Waals surface area contributed by atoms with Crippen LogP contribution >= 0.6 is 11.6 Å². The van der Waals surface area contributed by atoms with Gasteiger partial charge in [-0.05, 0) is 18.6 Å². The summed E-state index contributed by atoms with van der Waals surface area (Å²) in [6, 6.07) is 3.07. The zero-order chi connectivity index (χ0) is 12.3. The number of carbonyl (C=O) groups excluding carboxylic acids is 1. The number of aromatic nitrogens is 1. The second-order valence-electron chi connectivity index (χ2n) is 3.21. The Kier molecular flexibility index (Phi) is 3.64. The van der Waals surface area contributed by atoms with Crippen molar-refractivity contribution in [1.82, 2.24) is 4.98 Å². The molecule has 0 radical (unpaired) electrons. The molecule has 0 aliphatic heterocycles. The molecule has 1 N–H and O–H groups in total. The van der Waals surface area contributed by atoms with Crippen LogP contribution < -0.4 is 0 Å². The van der Waals surface area contributed by atoms with Gasteiger partial charge in [-0.1, -0.05) is 11.6 Å². The van der Waals surface area contributed by atoms with Crippen LogP contribution in [-0.2, 0) is 4.79 Å². The lowest BCUT2D eigenvalue weighted by Crippen LogP contribution is -2.01.